The molecule has 0 N–H and O–H groups in total. The van der Waals surface area contributed by atoms with Crippen molar-refractivity contribution in [3.05, 3.63) is 36.2 Å². The summed E-state index contributed by atoms with van der Waals surface area (Å²) in [6.45, 7) is 1.57. The first-order valence-corrected chi connectivity index (χ1v) is 9.65. The molecular formula is C16H15N5O2S2. The number of hydrogen-bond donors (Lipinski definition) is 0. The van der Waals surface area contributed by atoms with Crippen molar-refractivity contribution < 1.29 is 9.21 Å². The predicted octanol–water partition coefficient (Wildman–Crippen LogP) is 3.40. The molecule has 0 radical (unpaired) electrons. The van der Waals surface area contributed by atoms with Gasteiger partial charge in [0.2, 0.25) is 22.8 Å². The quantitative estimate of drug-likeness (QED) is 0.483. The van der Waals surface area contributed by atoms with E-state index in [1.807, 2.05) is 30.3 Å². The lowest BCUT2D eigenvalue weighted by atomic mass is 10.2. The zero-order chi connectivity index (χ0) is 17.2. The van der Waals surface area contributed by atoms with Crippen LogP contribution in [0.1, 0.15) is 25.7 Å². The molecule has 4 rings (SSSR count). The van der Waals surface area contributed by atoms with E-state index < -0.39 is 0 Å². The molecule has 1 aromatic carbocycles. The lowest BCUT2D eigenvalue weighted by molar-refractivity contribution is -0.116. The van der Waals surface area contributed by atoms with Gasteiger partial charge < -0.3 is 4.42 Å². The Balaban J connectivity index is 1.41. The number of nitrogens with zero attached hydrogens (tertiary/aromatic N) is 5. The number of aromatic nitrogens is 4. The lowest BCUT2D eigenvalue weighted by Gasteiger charge is -2.15. The number of hydrogen-bond acceptors (Lipinski definition) is 8. The Morgan fingerprint density at radius 1 is 1.24 bits per heavy atom. The van der Waals surface area contributed by atoms with E-state index in [-0.39, 0.29) is 11.9 Å². The fourth-order valence-corrected chi connectivity index (χ4v) is 4.17. The van der Waals surface area contributed by atoms with Gasteiger partial charge in [0, 0.05) is 18.5 Å². The van der Waals surface area contributed by atoms with Crippen LogP contribution in [0.2, 0.25) is 0 Å². The first-order valence-electron chi connectivity index (χ1n) is 7.84. The monoisotopic (exact) mass is 373 g/mol. The van der Waals surface area contributed by atoms with Crippen LogP contribution in [0.3, 0.4) is 0 Å². The predicted molar refractivity (Wildman–Crippen MR) is 95.4 cm³/mol. The van der Waals surface area contributed by atoms with Gasteiger partial charge in [-0.3, -0.25) is 9.69 Å². The molecule has 2 heterocycles. The zero-order valence-corrected chi connectivity index (χ0v) is 15.1. The van der Waals surface area contributed by atoms with E-state index in [9.17, 15) is 4.79 Å². The summed E-state index contributed by atoms with van der Waals surface area (Å²) in [7, 11) is 0. The summed E-state index contributed by atoms with van der Waals surface area (Å²) in [5.41, 5.74) is 0.894. The number of rotatable bonds is 6. The van der Waals surface area contributed by atoms with Gasteiger partial charge in [-0.25, -0.2) is 0 Å². The Hall–Kier alpha value is -2.26. The van der Waals surface area contributed by atoms with Gasteiger partial charge in [-0.1, -0.05) is 41.3 Å². The molecule has 1 fully saturated rings. The van der Waals surface area contributed by atoms with Crippen molar-refractivity contribution in [2.75, 3.05) is 4.90 Å². The van der Waals surface area contributed by atoms with E-state index in [1.165, 1.54) is 23.1 Å². The van der Waals surface area contributed by atoms with Gasteiger partial charge in [0.1, 0.15) is 0 Å². The Morgan fingerprint density at radius 2 is 2.04 bits per heavy atom. The highest BCUT2D eigenvalue weighted by Gasteiger charge is 2.34. The van der Waals surface area contributed by atoms with Crippen LogP contribution in [0.15, 0.2) is 39.1 Å². The fraction of sp³-hybridized carbons (Fsp3) is 0.312. The molecule has 3 aromatic rings. The van der Waals surface area contributed by atoms with Crippen LogP contribution in [-0.2, 0) is 10.5 Å². The second kappa shape index (κ2) is 6.93. The number of thioether (sulfide) groups is 1. The van der Waals surface area contributed by atoms with Gasteiger partial charge in [0.25, 0.3) is 0 Å². The van der Waals surface area contributed by atoms with E-state index in [4.69, 9.17) is 4.42 Å². The summed E-state index contributed by atoms with van der Waals surface area (Å²) in [6, 6.07) is 9.93. The zero-order valence-electron chi connectivity index (χ0n) is 13.5. The molecule has 0 unspecified atom stereocenters. The summed E-state index contributed by atoms with van der Waals surface area (Å²) >= 11 is 2.89. The topological polar surface area (TPSA) is 85.0 Å². The van der Waals surface area contributed by atoms with Crippen molar-refractivity contribution in [1.29, 1.82) is 0 Å². The first kappa shape index (κ1) is 16.2. The van der Waals surface area contributed by atoms with E-state index in [0.29, 0.717) is 22.7 Å². The number of benzene rings is 1. The smallest absolute Gasteiger partial charge is 0.247 e. The average molecular weight is 373 g/mol. The molecule has 9 heteroatoms. The molecule has 1 saturated carbocycles. The summed E-state index contributed by atoms with van der Waals surface area (Å²) in [5.74, 6) is 1.56. The minimum absolute atomic E-state index is 0.0135. The van der Waals surface area contributed by atoms with Crippen LogP contribution in [-0.4, -0.2) is 32.3 Å². The maximum absolute atomic E-state index is 11.8. The van der Waals surface area contributed by atoms with Crippen LogP contribution < -0.4 is 4.90 Å². The highest BCUT2D eigenvalue weighted by molar-refractivity contribution is 8.00. The van der Waals surface area contributed by atoms with E-state index in [2.05, 4.69) is 20.4 Å². The molecule has 25 heavy (non-hydrogen) atoms. The highest BCUT2D eigenvalue weighted by Crippen LogP contribution is 2.36. The summed E-state index contributed by atoms with van der Waals surface area (Å²) in [5, 5.41) is 17.1. The van der Waals surface area contributed by atoms with Crippen molar-refractivity contribution in [2.45, 2.75) is 35.9 Å². The number of carbonyl (C=O) groups is 1. The highest BCUT2D eigenvalue weighted by atomic mass is 32.2. The van der Waals surface area contributed by atoms with Gasteiger partial charge >= 0.3 is 0 Å². The van der Waals surface area contributed by atoms with Crippen LogP contribution >= 0.6 is 23.1 Å². The molecule has 0 spiro atoms. The maximum Gasteiger partial charge on any atom is 0.247 e. The summed E-state index contributed by atoms with van der Waals surface area (Å²) in [4.78, 5) is 13.5. The fourth-order valence-electron chi connectivity index (χ4n) is 2.37. The SMILES string of the molecule is CC(=O)N(c1nnc(SCc2nnc(-c3ccccc3)o2)s1)C1CC1. The van der Waals surface area contributed by atoms with E-state index >= 15 is 0 Å². The minimum Gasteiger partial charge on any atom is -0.420 e. The molecule has 0 atom stereocenters. The Bertz CT molecular complexity index is 876. The Labute approximate surface area is 152 Å². The van der Waals surface area contributed by atoms with Gasteiger partial charge in [0.15, 0.2) is 4.34 Å². The molecule has 0 saturated heterocycles. The van der Waals surface area contributed by atoms with Crippen LogP contribution in [0.25, 0.3) is 11.5 Å². The molecule has 128 valence electrons. The number of amides is 1. The molecule has 1 aliphatic carbocycles. The van der Waals surface area contributed by atoms with Gasteiger partial charge in [0.05, 0.1) is 5.75 Å². The normalized spacial score (nSPS) is 13.8. The van der Waals surface area contributed by atoms with Gasteiger partial charge in [-0.05, 0) is 25.0 Å². The van der Waals surface area contributed by atoms with Crippen LogP contribution in [0, 0.1) is 0 Å². The molecule has 1 aliphatic rings. The average Bonchev–Trinajstić information content (AvgIpc) is 3.14. The van der Waals surface area contributed by atoms with Crippen molar-refractivity contribution in [2.24, 2.45) is 0 Å². The third kappa shape index (κ3) is 3.72. The molecule has 7 nitrogen and oxygen atoms in total. The largest absolute Gasteiger partial charge is 0.420 e. The van der Waals surface area contributed by atoms with E-state index in [1.54, 1.807) is 11.8 Å². The standard InChI is InChI=1S/C16H15N5O2S2/c1-10(22)21(12-7-8-12)15-19-20-16(25-15)24-9-13-17-18-14(23-13)11-5-3-2-4-6-11/h2-6,12H,7-9H2,1H3. The molecular weight excluding hydrogens is 358 g/mol. The second-order valence-electron chi connectivity index (χ2n) is 5.63. The maximum atomic E-state index is 11.8. The van der Waals surface area contributed by atoms with Crippen molar-refractivity contribution >= 4 is 34.1 Å². The molecule has 0 aliphatic heterocycles. The van der Waals surface area contributed by atoms with Crippen LogP contribution in [0.5, 0.6) is 0 Å². The number of anilines is 1. The number of carbonyl (C=O) groups excluding carboxylic acids is 1. The van der Waals surface area contributed by atoms with Crippen molar-refractivity contribution in [1.82, 2.24) is 20.4 Å². The Morgan fingerprint density at radius 3 is 2.76 bits per heavy atom. The summed E-state index contributed by atoms with van der Waals surface area (Å²) < 4.78 is 6.46. The third-order valence-corrected chi connectivity index (χ3v) is 5.70. The second-order valence-corrected chi connectivity index (χ2v) is 7.80. The van der Waals surface area contributed by atoms with E-state index in [0.717, 1.165) is 22.7 Å². The molecule has 2 aromatic heterocycles. The van der Waals surface area contributed by atoms with Crippen LogP contribution in [0.4, 0.5) is 5.13 Å². The van der Waals surface area contributed by atoms with Gasteiger partial charge in [-0.2, -0.15) is 0 Å². The summed E-state index contributed by atoms with van der Waals surface area (Å²) in [6.07, 6.45) is 2.07. The van der Waals surface area contributed by atoms with Crippen molar-refractivity contribution in [3.8, 4) is 11.5 Å². The Kier molecular flexibility index (Phi) is 4.50. The van der Waals surface area contributed by atoms with Crippen molar-refractivity contribution in [3.63, 3.8) is 0 Å². The first-order chi connectivity index (χ1) is 12.2. The third-order valence-electron chi connectivity index (χ3n) is 3.66. The molecule has 0 bridgehead atoms. The van der Waals surface area contributed by atoms with Gasteiger partial charge in [-0.15, -0.1) is 20.4 Å². The lowest BCUT2D eigenvalue weighted by Crippen LogP contribution is -2.30. The minimum atomic E-state index is 0.0135. The molecule has 1 amide bonds.